The molecule has 3 amide bonds. The van der Waals surface area contributed by atoms with Crippen molar-refractivity contribution < 1.29 is 18.8 Å². The van der Waals surface area contributed by atoms with Gasteiger partial charge in [0.25, 0.3) is 0 Å². The van der Waals surface area contributed by atoms with Gasteiger partial charge < -0.3 is 20.9 Å². The van der Waals surface area contributed by atoms with Crippen LogP contribution in [-0.4, -0.2) is 60.0 Å². The molecule has 4 atom stereocenters. The number of nitrogens with one attached hydrogen (secondary N) is 3. The smallest absolute Gasteiger partial charge is 0.243 e. The number of rotatable bonds is 6. The zero-order valence-electron chi connectivity index (χ0n) is 20.8. The molecule has 0 aromatic heterocycles. The van der Waals surface area contributed by atoms with Crippen LogP contribution in [0.1, 0.15) is 50.7 Å². The van der Waals surface area contributed by atoms with Gasteiger partial charge in [0.15, 0.2) is 0 Å². The van der Waals surface area contributed by atoms with Gasteiger partial charge >= 0.3 is 0 Å². The average Bonchev–Trinajstić information content (AvgIpc) is 3.43. The first-order valence-corrected chi connectivity index (χ1v) is 12.7. The number of halogens is 1. The second-order valence-electron chi connectivity index (χ2n) is 10.1. The minimum absolute atomic E-state index is 0.134. The molecule has 190 valence electrons. The summed E-state index contributed by atoms with van der Waals surface area (Å²) in [4.78, 5) is 39.9. The van der Waals surface area contributed by atoms with Crippen molar-refractivity contribution in [2.45, 2.75) is 70.4 Å². The Labute approximate surface area is 212 Å². The van der Waals surface area contributed by atoms with Gasteiger partial charge in [0.05, 0.1) is 6.04 Å². The molecule has 3 fully saturated rings. The van der Waals surface area contributed by atoms with Gasteiger partial charge in [-0.2, -0.15) is 0 Å². The van der Waals surface area contributed by atoms with Gasteiger partial charge in [-0.1, -0.05) is 37.8 Å². The van der Waals surface area contributed by atoms with E-state index in [9.17, 15) is 18.8 Å². The molecule has 3 aliphatic rings. The van der Waals surface area contributed by atoms with Crippen molar-refractivity contribution in [3.05, 3.63) is 35.4 Å². The van der Waals surface area contributed by atoms with Crippen LogP contribution in [0.2, 0.25) is 0 Å². The van der Waals surface area contributed by atoms with E-state index < -0.39 is 18.3 Å². The summed E-state index contributed by atoms with van der Waals surface area (Å²) < 4.78 is 13.5. The molecular formula is C28H33FN4O3. The Morgan fingerprint density at radius 2 is 1.86 bits per heavy atom. The van der Waals surface area contributed by atoms with E-state index >= 15 is 0 Å². The minimum atomic E-state index is -1.04. The summed E-state index contributed by atoms with van der Waals surface area (Å²) >= 11 is 0. The molecule has 1 aromatic rings. The first kappa shape index (κ1) is 25.7. The largest absolute Gasteiger partial charge is 0.350 e. The predicted octanol–water partition coefficient (Wildman–Crippen LogP) is 1.51. The van der Waals surface area contributed by atoms with Crippen LogP contribution in [0, 0.1) is 35.5 Å². The lowest BCUT2D eigenvalue weighted by Gasteiger charge is -2.25. The lowest BCUT2D eigenvalue weighted by Crippen LogP contribution is -2.47. The fourth-order valence-corrected chi connectivity index (χ4v) is 4.44. The van der Waals surface area contributed by atoms with Crippen LogP contribution >= 0.6 is 0 Å². The second kappa shape index (κ2) is 11.6. The van der Waals surface area contributed by atoms with Gasteiger partial charge in [-0.05, 0) is 48.8 Å². The van der Waals surface area contributed by atoms with Gasteiger partial charge in [-0.25, -0.2) is 4.39 Å². The van der Waals surface area contributed by atoms with E-state index in [2.05, 4.69) is 39.6 Å². The van der Waals surface area contributed by atoms with Crippen LogP contribution in [0.5, 0.6) is 0 Å². The SMILES string of the molecule is CC(C)C(=O)N1C[C@H](NC(=O)[C@@H]2C[C@H](F)CN2)C[C@@H]1C(=O)NCc1ccc(C#CC#CC2CC2)cc1. The molecule has 8 heteroatoms. The molecule has 36 heavy (non-hydrogen) atoms. The molecule has 1 aromatic carbocycles. The van der Waals surface area contributed by atoms with E-state index in [0.717, 1.165) is 11.1 Å². The maximum atomic E-state index is 13.5. The van der Waals surface area contributed by atoms with E-state index in [1.165, 1.54) is 12.8 Å². The number of benzene rings is 1. The topological polar surface area (TPSA) is 90.5 Å². The van der Waals surface area contributed by atoms with Gasteiger partial charge in [0.2, 0.25) is 17.7 Å². The number of likely N-dealkylation sites (tertiary alicyclic amines) is 1. The molecule has 0 unspecified atom stereocenters. The molecule has 0 bridgehead atoms. The fourth-order valence-electron chi connectivity index (χ4n) is 4.44. The van der Waals surface area contributed by atoms with Gasteiger partial charge in [-0.3, -0.25) is 14.4 Å². The van der Waals surface area contributed by atoms with Crippen molar-refractivity contribution in [2.24, 2.45) is 11.8 Å². The van der Waals surface area contributed by atoms with Gasteiger partial charge in [-0.15, -0.1) is 0 Å². The molecular weight excluding hydrogens is 459 g/mol. The van der Waals surface area contributed by atoms with Crippen molar-refractivity contribution in [3.8, 4) is 23.7 Å². The van der Waals surface area contributed by atoms with E-state index in [0.29, 0.717) is 18.9 Å². The van der Waals surface area contributed by atoms with Crippen LogP contribution < -0.4 is 16.0 Å². The zero-order chi connectivity index (χ0) is 25.7. The number of hydrogen-bond donors (Lipinski definition) is 3. The van der Waals surface area contributed by atoms with Crippen LogP contribution in [0.15, 0.2) is 24.3 Å². The lowest BCUT2D eigenvalue weighted by atomic mass is 10.1. The Kier molecular flexibility index (Phi) is 8.28. The summed E-state index contributed by atoms with van der Waals surface area (Å²) in [6.45, 7) is 4.30. The molecule has 2 aliphatic heterocycles. The molecule has 0 spiro atoms. The minimum Gasteiger partial charge on any atom is -0.350 e. The monoisotopic (exact) mass is 492 g/mol. The molecule has 7 nitrogen and oxygen atoms in total. The van der Waals surface area contributed by atoms with Crippen molar-refractivity contribution in [2.75, 3.05) is 13.1 Å². The first-order valence-electron chi connectivity index (χ1n) is 12.7. The van der Waals surface area contributed by atoms with Crippen LogP contribution in [0.25, 0.3) is 0 Å². The summed E-state index contributed by atoms with van der Waals surface area (Å²) in [5, 5.41) is 8.69. The zero-order valence-corrected chi connectivity index (χ0v) is 20.8. The highest BCUT2D eigenvalue weighted by molar-refractivity contribution is 5.89. The number of hydrogen-bond acceptors (Lipinski definition) is 4. The Bertz CT molecular complexity index is 1110. The number of amides is 3. The Hall–Kier alpha value is -3.36. The summed E-state index contributed by atoms with van der Waals surface area (Å²) in [5.41, 5.74) is 1.77. The Balaban J connectivity index is 1.32. The van der Waals surface area contributed by atoms with Crippen LogP contribution in [-0.2, 0) is 20.9 Å². The van der Waals surface area contributed by atoms with Crippen molar-refractivity contribution in [1.29, 1.82) is 0 Å². The maximum absolute atomic E-state index is 13.5. The predicted molar refractivity (Wildman–Crippen MR) is 134 cm³/mol. The quantitative estimate of drug-likeness (QED) is 0.525. The van der Waals surface area contributed by atoms with Crippen LogP contribution in [0.3, 0.4) is 0 Å². The number of carbonyl (C=O) groups excluding carboxylic acids is 3. The summed E-state index contributed by atoms with van der Waals surface area (Å²) in [7, 11) is 0. The number of carbonyl (C=O) groups is 3. The highest BCUT2D eigenvalue weighted by Gasteiger charge is 2.41. The third kappa shape index (κ3) is 6.86. The van der Waals surface area contributed by atoms with E-state index in [1.54, 1.807) is 18.7 Å². The normalized spacial score (nSPS) is 24.9. The maximum Gasteiger partial charge on any atom is 0.243 e. The van der Waals surface area contributed by atoms with E-state index in [1.807, 2.05) is 24.3 Å². The summed E-state index contributed by atoms with van der Waals surface area (Å²) in [5.74, 6) is 11.4. The molecule has 2 saturated heterocycles. The third-order valence-corrected chi connectivity index (χ3v) is 6.66. The van der Waals surface area contributed by atoms with Crippen molar-refractivity contribution in [1.82, 2.24) is 20.9 Å². The van der Waals surface area contributed by atoms with E-state index in [4.69, 9.17) is 0 Å². The molecule has 1 saturated carbocycles. The van der Waals surface area contributed by atoms with E-state index in [-0.39, 0.29) is 49.2 Å². The van der Waals surface area contributed by atoms with Crippen LogP contribution in [0.4, 0.5) is 4.39 Å². The Morgan fingerprint density at radius 3 is 2.50 bits per heavy atom. The summed E-state index contributed by atoms with van der Waals surface area (Å²) in [6, 6.07) is 5.97. The van der Waals surface area contributed by atoms with Crippen molar-refractivity contribution in [3.63, 3.8) is 0 Å². The fraction of sp³-hybridized carbons (Fsp3) is 0.536. The Morgan fingerprint density at radius 1 is 1.11 bits per heavy atom. The molecule has 1 aliphatic carbocycles. The third-order valence-electron chi connectivity index (χ3n) is 6.66. The van der Waals surface area contributed by atoms with Crippen molar-refractivity contribution >= 4 is 17.7 Å². The number of alkyl halides is 1. The molecule has 3 N–H and O–H groups in total. The standard InChI is InChI=1S/C28H33FN4O3/c1-18(2)28(36)33-17-23(32-26(34)24-13-22(29)16-30-24)14-25(33)27(35)31-15-21-11-9-20(10-12-21)6-4-3-5-19-7-8-19/h9-12,18-19,22-25,30H,7-8,13-17H2,1-2H3,(H,31,35)(H,32,34)/t22-,23+,24-,25+/m0/s1. The van der Waals surface area contributed by atoms with Gasteiger partial charge in [0, 0.05) is 49.5 Å². The lowest BCUT2D eigenvalue weighted by molar-refractivity contribution is -0.140. The highest BCUT2D eigenvalue weighted by atomic mass is 19.1. The molecule has 0 radical (unpaired) electrons. The van der Waals surface area contributed by atoms with Gasteiger partial charge in [0.1, 0.15) is 12.2 Å². The number of nitrogens with zero attached hydrogens (tertiary/aromatic N) is 1. The average molecular weight is 493 g/mol. The second-order valence-corrected chi connectivity index (χ2v) is 10.1. The molecule has 2 heterocycles. The first-order chi connectivity index (χ1) is 17.3. The summed E-state index contributed by atoms with van der Waals surface area (Å²) in [6.07, 6.45) is 1.76. The highest BCUT2D eigenvalue weighted by Crippen LogP contribution is 2.27. The molecule has 4 rings (SSSR count).